The molecule has 172 valence electrons. The lowest BCUT2D eigenvalue weighted by Gasteiger charge is -2.31. The summed E-state index contributed by atoms with van der Waals surface area (Å²) in [7, 11) is 0. The van der Waals surface area contributed by atoms with Crippen LogP contribution in [-0.4, -0.2) is 48.6 Å². The van der Waals surface area contributed by atoms with Crippen molar-refractivity contribution >= 4 is 47.6 Å². The smallest absolute Gasteiger partial charge is 0.409 e. The summed E-state index contributed by atoms with van der Waals surface area (Å²) in [5.41, 5.74) is 7.85. The van der Waals surface area contributed by atoms with Crippen LogP contribution in [0.4, 0.5) is 10.5 Å². The number of nitrogens with zero attached hydrogens (tertiary/aromatic N) is 2. The first kappa shape index (κ1) is 25.2. The first-order valence-corrected chi connectivity index (χ1v) is 10.9. The van der Waals surface area contributed by atoms with Crippen molar-refractivity contribution in [3.63, 3.8) is 0 Å². The number of piperidine rings is 1. The van der Waals surface area contributed by atoms with Crippen LogP contribution in [-0.2, 0) is 16.1 Å². The van der Waals surface area contributed by atoms with E-state index >= 15 is 0 Å². The molecule has 0 aromatic heterocycles. The SMILES string of the molecule is CCOC(=O)N1CCC(NC(N)=NCc2cccc(NC(=O)C3CCCC3)c2)CC1.I. The fraction of sp³-hybridized carbons (Fsp3) is 0.591. The second kappa shape index (κ2) is 12.7. The molecule has 2 fully saturated rings. The molecule has 1 aliphatic carbocycles. The molecule has 0 unspecified atom stereocenters. The van der Waals surface area contributed by atoms with Crippen molar-refractivity contribution in [1.29, 1.82) is 0 Å². The normalized spacial score (nSPS) is 17.7. The van der Waals surface area contributed by atoms with Gasteiger partial charge in [-0.25, -0.2) is 9.79 Å². The summed E-state index contributed by atoms with van der Waals surface area (Å²) in [5.74, 6) is 0.648. The van der Waals surface area contributed by atoms with E-state index in [1.165, 1.54) is 0 Å². The Morgan fingerprint density at radius 2 is 1.90 bits per heavy atom. The van der Waals surface area contributed by atoms with Gasteiger partial charge in [-0.15, -0.1) is 24.0 Å². The van der Waals surface area contributed by atoms with E-state index in [9.17, 15) is 9.59 Å². The lowest BCUT2D eigenvalue weighted by Crippen LogP contribution is -2.48. The number of likely N-dealkylation sites (tertiary alicyclic amines) is 1. The fourth-order valence-electron chi connectivity index (χ4n) is 4.03. The Hall–Kier alpha value is -2.04. The minimum Gasteiger partial charge on any atom is -0.450 e. The minimum atomic E-state index is -0.252. The highest BCUT2D eigenvalue weighted by Gasteiger charge is 2.24. The number of halogens is 1. The average molecular weight is 543 g/mol. The number of benzene rings is 1. The lowest BCUT2D eigenvalue weighted by atomic mass is 10.1. The molecule has 0 atom stereocenters. The molecular formula is C22H34IN5O3. The van der Waals surface area contributed by atoms with Crippen molar-refractivity contribution in [3.8, 4) is 0 Å². The van der Waals surface area contributed by atoms with Crippen LogP contribution in [0.2, 0.25) is 0 Å². The topological polar surface area (TPSA) is 109 Å². The van der Waals surface area contributed by atoms with Crippen LogP contribution in [0.5, 0.6) is 0 Å². The number of hydrogen-bond donors (Lipinski definition) is 3. The molecule has 1 saturated carbocycles. The van der Waals surface area contributed by atoms with Crippen LogP contribution in [0.3, 0.4) is 0 Å². The highest BCUT2D eigenvalue weighted by molar-refractivity contribution is 14.0. The Morgan fingerprint density at radius 3 is 2.58 bits per heavy atom. The van der Waals surface area contributed by atoms with Gasteiger partial charge in [0.25, 0.3) is 0 Å². The molecule has 9 heteroatoms. The molecular weight excluding hydrogens is 509 g/mol. The minimum absolute atomic E-state index is 0. The predicted octanol–water partition coefficient (Wildman–Crippen LogP) is 3.46. The fourth-order valence-corrected chi connectivity index (χ4v) is 4.03. The third kappa shape index (κ3) is 7.86. The number of ether oxygens (including phenoxy) is 1. The number of aliphatic imine (C=N–C) groups is 1. The zero-order valence-corrected chi connectivity index (χ0v) is 20.5. The van der Waals surface area contributed by atoms with Gasteiger partial charge in [0.05, 0.1) is 13.2 Å². The maximum atomic E-state index is 12.3. The number of guanidine groups is 1. The summed E-state index contributed by atoms with van der Waals surface area (Å²) in [4.78, 5) is 30.2. The summed E-state index contributed by atoms with van der Waals surface area (Å²) in [5, 5.41) is 6.27. The molecule has 8 nitrogen and oxygen atoms in total. The number of nitrogens with two attached hydrogens (primary N) is 1. The van der Waals surface area contributed by atoms with Crippen LogP contribution in [0, 0.1) is 5.92 Å². The van der Waals surface area contributed by atoms with E-state index in [1.54, 1.807) is 4.90 Å². The lowest BCUT2D eigenvalue weighted by molar-refractivity contribution is -0.119. The molecule has 0 bridgehead atoms. The van der Waals surface area contributed by atoms with E-state index in [-0.39, 0.29) is 47.9 Å². The van der Waals surface area contributed by atoms with Crippen molar-refractivity contribution in [1.82, 2.24) is 10.2 Å². The van der Waals surface area contributed by atoms with Crippen molar-refractivity contribution in [3.05, 3.63) is 29.8 Å². The van der Waals surface area contributed by atoms with Gasteiger partial charge in [-0.2, -0.15) is 0 Å². The van der Waals surface area contributed by atoms with E-state index in [1.807, 2.05) is 31.2 Å². The van der Waals surface area contributed by atoms with Gasteiger partial charge < -0.3 is 26.0 Å². The second-order valence-electron chi connectivity index (χ2n) is 7.98. The predicted molar refractivity (Wildman–Crippen MR) is 133 cm³/mol. The Bertz CT molecular complexity index is 759. The van der Waals surface area contributed by atoms with Crippen molar-refractivity contribution < 1.29 is 14.3 Å². The molecule has 0 radical (unpaired) electrons. The maximum Gasteiger partial charge on any atom is 0.409 e. The molecule has 4 N–H and O–H groups in total. The summed E-state index contributed by atoms with van der Waals surface area (Å²) in [6.45, 7) is 3.93. The summed E-state index contributed by atoms with van der Waals surface area (Å²) >= 11 is 0. The number of nitrogens with one attached hydrogen (secondary N) is 2. The van der Waals surface area contributed by atoms with E-state index in [2.05, 4.69) is 15.6 Å². The Kier molecular flexibility index (Phi) is 10.4. The molecule has 2 amide bonds. The van der Waals surface area contributed by atoms with Gasteiger partial charge in [0.15, 0.2) is 5.96 Å². The van der Waals surface area contributed by atoms with Crippen LogP contribution < -0.4 is 16.4 Å². The highest BCUT2D eigenvalue weighted by Crippen LogP contribution is 2.26. The Labute approximate surface area is 201 Å². The molecule has 1 aromatic carbocycles. The summed E-state index contributed by atoms with van der Waals surface area (Å²) in [6.07, 6.45) is 5.60. The van der Waals surface area contributed by atoms with Crippen LogP contribution in [0.1, 0.15) is 51.0 Å². The third-order valence-corrected chi connectivity index (χ3v) is 5.73. The van der Waals surface area contributed by atoms with Crippen molar-refractivity contribution in [2.75, 3.05) is 25.0 Å². The van der Waals surface area contributed by atoms with E-state index in [0.29, 0.717) is 32.2 Å². The quantitative estimate of drug-likeness (QED) is 0.289. The van der Waals surface area contributed by atoms with E-state index in [0.717, 1.165) is 49.8 Å². The Balaban J connectivity index is 0.00000341. The maximum absolute atomic E-state index is 12.3. The zero-order valence-electron chi connectivity index (χ0n) is 18.1. The molecule has 1 heterocycles. The first-order valence-electron chi connectivity index (χ1n) is 10.9. The van der Waals surface area contributed by atoms with Gasteiger partial charge in [0, 0.05) is 30.7 Å². The molecule has 2 aliphatic rings. The third-order valence-electron chi connectivity index (χ3n) is 5.73. The molecule has 1 aliphatic heterocycles. The molecule has 0 spiro atoms. The molecule has 1 saturated heterocycles. The number of rotatable bonds is 6. The number of carbonyl (C=O) groups is 2. The van der Waals surface area contributed by atoms with Gasteiger partial charge in [-0.1, -0.05) is 25.0 Å². The zero-order chi connectivity index (χ0) is 21.3. The summed E-state index contributed by atoms with van der Waals surface area (Å²) in [6, 6.07) is 7.93. The van der Waals surface area contributed by atoms with Gasteiger partial charge >= 0.3 is 6.09 Å². The van der Waals surface area contributed by atoms with Crippen molar-refractivity contribution in [2.45, 2.75) is 58.0 Å². The second-order valence-corrected chi connectivity index (χ2v) is 7.98. The molecule has 3 rings (SSSR count). The highest BCUT2D eigenvalue weighted by atomic mass is 127. The molecule has 31 heavy (non-hydrogen) atoms. The van der Waals surface area contributed by atoms with Gasteiger partial charge in [-0.05, 0) is 50.3 Å². The number of anilines is 1. The van der Waals surface area contributed by atoms with Gasteiger partial charge in [0.1, 0.15) is 0 Å². The largest absolute Gasteiger partial charge is 0.450 e. The van der Waals surface area contributed by atoms with Crippen molar-refractivity contribution in [2.24, 2.45) is 16.6 Å². The number of amides is 2. The van der Waals surface area contributed by atoms with E-state index < -0.39 is 0 Å². The Morgan fingerprint density at radius 1 is 1.19 bits per heavy atom. The van der Waals surface area contributed by atoms with Gasteiger partial charge in [0.2, 0.25) is 5.91 Å². The van der Waals surface area contributed by atoms with Crippen LogP contribution >= 0.6 is 24.0 Å². The monoisotopic (exact) mass is 543 g/mol. The van der Waals surface area contributed by atoms with Crippen LogP contribution in [0.15, 0.2) is 29.3 Å². The average Bonchev–Trinajstić information content (AvgIpc) is 3.28. The van der Waals surface area contributed by atoms with Crippen LogP contribution in [0.25, 0.3) is 0 Å². The summed E-state index contributed by atoms with van der Waals surface area (Å²) < 4.78 is 5.04. The molecule has 1 aromatic rings. The first-order chi connectivity index (χ1) is 14.5. The number of carbonyl (C=O) groups excluding carboxylic acids is 2. The van der Waals surface area contributed by atoms with Gasteiger partial charge in [-0.3, -0.25) is 4.79 Å². The number of hydrogen-bond acceptors (Lipinski definition) is 4. The standard InChI is InChI=1S/C22H33N5O3.HI/c1-2-30-22(29)27-12-10-18(11-13-27)26-21(23)24-15-16-6-5-9-19(14-16)25-20(28)17-7-3-4-8-17;/h5-6,9,14,17-18H,2-4,7-8,10-13,15H2,1H3,(H,25,28)(H3,23,24,26);1H. The van der Waals surface area contributed by atoms with E-state index in [4.69, 9.17) is 10.5 Å².